The molecule has 1 unspecified atom stereocenters. The Balaban J connectivity index is 1.33. The van der Waals surface area contributed by atoms with Gasteiger partial charge in [0.1, 0.15) is 18.4 Å². The maximum Gasteiger partial charge on any atom is 0.238 e. The molecule has 4 rings (SSSR count). The fraction of sp³-hybridized carbons (Fsp3) is 0.417. The molecule has 11 heteroatoms. The second-order valence-corrected chi connectivity index (χ2v) is 9.02. The number of tetrazole rings is 1. The van der Waals surface area contributed by atoms with Crippen molar-refractivity contribution >= 4 is 23.2 Å². The van der Waals surface area contributed by atoms with Crippen molar-refractivity contribution in [1.82, 2.24) is 25.5 Å². The number of carbonyl (C=O) groups excluding carboxylic acids is 1. The summed E-state index contributed by atoms with van der Waals surface area (Å²) in [5, 5.41) is 17.1. The van der Waals surface area contributed by atoms with E-state index < -0.39 is 11.9 Å². The van der Waals surface area contributed by atoms with Crippen LogP contribution in [0.25, 0.3) is 0 Å². The molecule has 2 aromatic carbocycles. The number of amides is 1. The number of halogens is 2. The standard InChI is InChI=1S/C24H28ClFN6O3/c1-32(20(24-28-30-31-29-24)15-35-21-9-5-4-8-18(21)25)13-23(33)27-17-10-11-22(19(26)12-17)34-14-16-6-2-3-7-16/h4-5,8-12,16,20H,2-3,6-7,13-15H2,1H3,(H,27,33)(H,28,29,30,31). The van der Waals surface area contributed by atoms with Gasteiger partial charge in [-0.1, -0.05) is 36.6 Å². The maximum atomic E-state index is 14.5. The summed E-state index contributed by atoms with van der Waals surface area (Å²) in [6.45, 7) is 0.645. The van der Waals surface area contributed by atoms with Crippen LogP contribution in [0.1, 0.15) is 37.5 Å². The number of likely N-dealkylation sites (N-methyl/N-ethyl adjacent to an activating group) is 1. The lowest BCUT2D eigenvalue weighted by Crippen LogP contribution is -2.36. The monoisotopic (exact) mass is 502 g/mol. The van der Waals surface area contributed by atoms with E-state index in [9.17, 15) is 9.18 Å². The van der Waals surface area contributed by atoms with Gasteiger partial charge in [0.2, 0.25) is 5.91 Å². The Hall–Kier alpha value is -3.24. The van der Waals surface area contributed by atoms with Gasteiger partial charge in [-0.25, -0.2) is 9.49 Å². The fourth-order valence-corrected chi connectivity index (χ4v) is 4.26. The predicted molar refractivity (Wildman–Crippen MR) is 129 cm³/mol. The number of hydrogen-bond acceptors (Lipinski definition) is 7. The zero-order valence-corrected chi connectivity index (χ0v) is 20.2. The van der Waals surface area contributed by atoms with Crippen LogP contribution < -0.4 is 14.8 Å². The van der Waals surface area contributed by atoms with Crippen LogP contribution in [0, 0.1) is 11.7 Å². The van der Waals surface area contributed by atoms with Gasteiger partial charge in [0.25, 0.3) is 0 Å². The molecule has 9 nitrogen and oxygen atoms in total. The molecule has 0 aliphatic heterocycles. The number of benzene rings is 2. The van der Waals surface area contributed by atoms with Crippen molar-refractivity contribution in [2.75, 3.05) is 32.1 Å². The molecule has 0 bridgehead atoms. The van der Waals surface area contributed by atoms with Crippen molar-refractivity contribution in [3.8, 4) is 11.5 Å². The number of ether oxygens (including phenoxy) is 2. The molecule has 1 heterocycles. The van der Waals surface area contributed by atoms with Crippen LogP contribution in [0.5, 0.6) is 11.5 Å². The molecule has 1 atom stereocenters. The Kier molecular flexibility index (Phi) is 8.49. The van der Waals surface area contributed by atoms with E-state index in [0.717, 1.165) is 12.8 Å². The molecule has 35 heavy (non-hydrogen) atoms. The number of aromatic nitrogens is 4. The third kappa shape index (κ3) is 6.89. The molecule has 0 radical (unpaired) electrons. The number of hydrogen-bond donors (Lipinski definition) is 2. The molecule has 2 N–H and O–H groups in total. The summed E-state index contributed by atoms with van der Waals surface area (Å²) in [5.74, 6) is 0.785. The van der Waals surface area contributed by atoms with Gasteiger partial charge in [-0.2, -0.15) is 0 Å². The summed E-state index contributed by atoms with van der Waals surface area (Å²) < 4.78 is 26.0. The lowest BCUT2D eigenvalue weighted by molar-refractivity contribution is -0.117. The molecule has 1 fully saturated rings. The highest BCUT2D eigenvalue weighted by atomic mass is 35.5. The highest BCUT2D eigenvalue weighted by Crippen LogP contribution is 2.28. The van der Waals surface area contributed by atoms with Gasteiger partial charge in [-0.15, -0.1) is 5.10 Å². The van der Waals surface area contributed by atoms with Crippen LogP contribution in [0.2, 0.25) is 5.02 Å². The number of carbonyl (C=O) groups is 1. The van der Waals surface area contributed by atoms with Crippen LogP contribution in [0.3, 0.4) is 0 Å². The molecule has 1 aliphatic carbocycles. The lowest BCUT2D eigenvalue weighted by atomic mass is 10.1. The molecular weight excluding hydrogens is 475 g/mol. The first-order valence-electron chi connectivity index (χ1n) is 11.5. The van der Waals surface area contributed by atoms with Gasteiger partial charge in [0.05, 0.1) is 18.2 Å². The van der Waals surface area contributed by atoms with E-state index in [1.807, 2.05) is 6.07 Å². The molecule has 1 aliphatic rings. The third-order valence-corrected chi connectivity index (χ3v) is 6.31. The Labute approximate surface area is 207 Å². The van der Waals surface area contributed by atoms with Crippen molar-refractivity contribution in [3.05, 3.63) is 59.1 Å². The maximum absolute atomic E-state index is 14.5. The minimum Gasteiger partial charge on any atom is -0.490 e. The van der Waals surface area contributed by atoms with Crippen LogP contribution in [-0.2, 0) is 4.79 Å². The van der Waals surface area contributed by atoms with Gasteiger partial charge >= 0.3 is 0 Å². The number of nitrogens with zero attached hydrogens (tertiary/aromatic N) is 4. The number of H-pyrrole nitrogens is 1. The smallest absolute Gasteiger partial charge is 0.238 e. The Morgan fingerprint density at radius 3 is 2.74 bits per heavy atom. The molecule has 3 aromatic rings. The summed E-state index contributed by atoms with van der Waals surface area (Å²) in [6, 6.07) is 11.1. The summed E-state index contributed by atoms with van der Waals surface area (Å²) in [6.07, 6.45) is 4.65. The van der Waals surface area contributed by atoms with Crippen molar-refractivity contribution < 1.29 is 18.7 Å². The van der Waals surface area contributed by atoms with Gasteiger partial charge < -0.3 is 14.8 Å². The molecule has 186 valence electrons. The van der Waals surface area contributed by atoms with E-state index in [0.29, 0.717) is 34.8 Å². The van der Waals surface area contributed by atoms with Gasteiger partial charge in [-0.3, -0.25) is 9.69 Å². The van der Waals surface area contributed by atoms with E-state index in [4.69, 9.17) is 21.1 Å². The number of aromatic amines is 1. The Morgan fingerprint density at radius 1 is 1.23 bits per heavy atom. The number of para-hydroxylation sites is 1. The number of rotatable bonds is 11. The number of anilines is 1. The number of nitrogens with one attached hydrogen (secondary N) is 2. The summed E-state index contributed by atoms with van der Waals surface area (Å²) in [7, 11) is 1.74. The second-order valence-electron chi connectivity index (χ2n) is 8.61. The van der Waals surface area contributed by atoms with Gasteiger partial charge in [0, 0.05) is 11.8 Å². The molecule has 1 aromatic heterocycles. The first-order chi connectivity index (χ1) is 17.0. The van der Waals surface area contributed by atoms with Crippen LogP contribution in [0.15, 0.2) is 42.5 Å². The highest BCUT2D eigenvalue weighted by molar-refractivity contribution is 6.32. The quantitative estimate of drug-likeness (QED) is 0.403. The SMILES string of the molecule is CN(CC(=O)Nc1ccc(OCC2CCCC2)c(F)c1)C(COc1ccccc1Cl)c1nnn[nH]1. The predicted octanol–water partition coefficient (Wildman–Crippen LogP) is 4.25. The van der Waals surface area contributed by atoms with E-state index in [1.54, 1.807) is 42.3 Å². The molecular formula is C24H28ClFN6O3. The molecule has 1 amide bonds. The molecule has 0 spiro atoms. The van der Waals surface area contributed by atoms with E-state index in [1.165, 1.54) is 18.9 Å². The highest BCUT2D eigenvalue weighted by Gasteiger charge is 2.24. The summed E-state index contributed by atoms with van der Waals surface area (Å²) in [5.41, 5.74) is 0.347. The zero-order valence-electron chi connectivity index (χ0n) is 19.4. The van der Waals surface area contributed by atoms with E-state index in [2.05, 4.69) is 25.9 Å². The van der Waals surface area contributed by atoms with Crippen molar-refractivity contribution in [2.45, 2.75) is 31.7 Å². The average molecular weight is 503 g/mol. The second kappa shape index (κ2) is 11.9. The molecule has 0 saturated heterocycles. The first-order valence-corrected chi connectivity index (χ1v) is 11.9. The fourth-order valence-electron chi connectivity index (χ4n) is 4.07. The van der Waals surface area contributed by atoms with Crippen molar-refractivity contribution in [3.63, 3.8) is 0 Å². The zero-order chi connectivity index (χ0) is 24.6. The Morgan fingerprint density at radius 2 is 2.03 bits per heavy atom. The Bertz CT molecular complexity index is 1110. The summed E-state index contributed by atoms with van der Waals surface area (Å²) in [4.78, 5) is 14.4. The topological polar surface area (TPSA) is 105 Å². The summed E-state index contributed by atoms with van der Waals surface area (Å²) >= 11 is 6.17. The van der Waals surface area contributed by atoms with Crippen molar-refractivity contribution in [1.29, 1.82) is 0 Å². The van der Waals surface area contributed by atoms with Crippen LogP contribution in [0.4, 0.5) is 10.1 Å². The average Bonchev–Trinajstić information content (AvgIpc) is 3.54. The lowest BCUT2D eigenvalue weighted by Gasteiger charge is -2.25. The van der Waals surface area contributed by atoms with Crippen LogP contribution in [-0.4, -0.2) is 58.2 Å². The molecule has 1 saturated carbocycles. The largest absolute Gasteiger partial charge is 0.490 e. The minimum absolute atomic E-state index is 0.0151. The normalized spacial score (nSPS) is 14.7. The third-order valence-electron chi connectivity index (χ3n) is 6.00. The van der Waals surface area contributed by atoms with E-state index >= 15 is 0 Å². The van der Waals surface area contributed by atoms with Gasteiger partial charge in [0.15, 0.2) is 17.4 Å². The van der Waals surface area contributed by atoms with Crippen molar-refractivity contribution in [2.24, 2.45) is 5.92 Å². The first kappa shape index (κ1) is 24.9. The van der Waals surface area contributed by atoms with Gasteiger partial charge in [-0.05, 0) is 60.5 Å². The van der Waals surface area contributed by atoms with Crippen LogP contribution >= 0.6 is 11.6 Å². The van der Waals surface area contributed by atoms with E-state index in [-0.39, 0.29) is 24.8 Å². The minimum atomic E-state index is -0.507.